The van der Waals surface area contributed by atoms with Gasteiger partial charge in [0.2, 0.25) is 0 Å². The summed E-state index contributed by atoms with van der Waals surface area (Å²) in [6.45, 7) is 0.926. The fourth-order valence-electron chi connectivity index (χ4n) is 2.38. The van der Waals surface area contributed by atoms with Gasteiger partial charge in [-0.3, -0.25) is 0 Å². The summed E-state index contributed by atoms with van der Waals surface area (Å²) in [5.74, 6) is 0.465. The van der Waals surface area contributed by atoms with Gasteiger partial charge in [-0.1, -0.05) is 71.2 Å². The average molecular weight is 393 g/mol. The van der Waals surface area contributed by atoms with Gasteiger partial charge in [0.05, 0.1) is 10.0 Å². The molecule has 0 aliphatic rings. The van der Waals surface area contributed by atoms with E-state index in [0.717, 1.165) is 16.8 Å². The highest BCUT2D eigenvalue weighted by Crippen LogP contribution is 2.35. The summed E-state index contributed by atoms with van der Waals surface area (Å²) < 4.78 is 5.78. The molecular formula is C20H16Cl3NO. The SMILES string of the molecule is Clc1ccccc1COc1c(Cl)cc(CNc2ccccc2)cc1Cl. The molecule has 128 valence electrons. The van der Waals surface area contributed by atoms with Gasteiger partial charge in [0.1, 0.15) is 6.61 Å². The van der Waals surface area contributed by atoms with Crippen molar-refractivity contribution in [2.45, 2.75) is 13.2 Å². The molecule has 0 radical (unpaired) electrons. The standard InChI is InChI=1S/C20H16Cl3NO/c21-17-9-5-4-6-15(17)13-25-20-18(22)10-14(11-19(20)23)12-24-16-7-2-1-3-8-16/h1-11,24H,12-13H2. The first-order valence-electron chi connectivity index (χ1n) is 7.76. The zero-order valence-electron chi connectivity index (χ0n) is 13.3. The molecule has 0 aliphatic carbocycles. The minimum absolute atomic E-state index is 0.306. The molecule has 1 N–H and O–H groups in total. The topological polar surface area (TPSA) is 21.3 Å². The second-order valence-corrected chi connectivity index (χ2v) is 6.71. The summed E-state index contributed by atoms with van der Waals surface area (Å²) in [5, 5.41) is 4.93. The van der Waals surface area contributed by atoms with Crippen molar-refractivity contribution in [3.05, 3.63) is 92.9 Å². The molecule has 3 aromatic carbocycles. The maximum absolute atomic E-state index is 6.35. The van der Waals surface area contributed by atoms with E-state index < -0.39 is 0 Å². The first kappa shape index (κ1) is 17.9. The van der Waals surface area contributed by atoms with Gasteiger partial charge in [0.25, 0.3) is 0 Å². The largest absolute Gasteiger partial charge is 0.486 e. The van der Waals surface area contributed by atoms with Crippen molar-refractivity contribution in [2.75, 3.05) is 5.32 Å². The molecule has 3 rings (SSSR count). The van der Waals surface area contributed by atoms with Crippen LogP contribution >= 0.6 is 34.8 Å². The highest BCUT2D eigenvalue weighted by molar-refractivity contribution is 6.37. The van der Waals surface area contributed by atoms with Gasteiger partial charge in [-0.2, -0.15) is 0 Å². The van der Waals surface area contributed by atoms with Crippen LogP contribution in [0.2, 0.25) is 15.1 Å². The molecule has 3 aromatic rings. The van der Waals surface area contributed by atoms with E-state index in [1.165, 1.54) is 0 Å². The van der Waals surface area contributed by atoms with Crippen molar-refractivity contribution in [1.82, 2.24) is 0 Å². The number of para-hydroxylation sites is 1. The summed E-state index contributed by atoms with van der Waals surface area (Å²) in [5.41, 5.74) is 2.89. The Labute approximate surface area is 162 Å². The smallest absolute Gasteiger partial charge is 0.156 e. The molecule has 5 heteroatoms. The summed E-state index contributed by atoms with van der Waals surface area (Å²) in [6.07, 6.45) is 0. The minimum Gasteiger partial charge on any atom is -0.486 e. The van der Waals surface area contributed by atoms with E-state index in [1.54, 1.807) is 0 Å². The molecule has 0 spiro atoms. The lowest BCUT2D eigenvalue weighted by Gasteiger charge is -2.13. The normalized spacial score (nSPS) is 10.5. The third kappa shape index (κ3) is 4.82. The molecular weight excluding hydrogens is 377 g/mol. The zero-order chi connectivity index (χ0) is 17.6. The second-order valence-electron chi connectivity index (χ2n) is 5.49. The van der Waals surface area contributed by atoms with Crippen LogP contribution in [0.1, 0.15) is 11.1 Å². The van der Waals surface area contributed by atoms with Gasteiger partial charge < -0.3 is 10.1 Å². The third-order valence-electron chi connectivity index (χ3n) is 3.66. The molecule has 0 amide bonds. The van der Waals surface area contributed by atoms with Crippen LogP contribution in [0.3, 0.4) is 0 Å². The lowest BCUT2D eigenvalue weighted by atomic mass is 10.2. The molecule has 0 atom stereocenters. The Morgan fingerprint density at radius 3 is 2.08 bits per heavy atom. The van der Waals surface area contributed by atoms with Crippen molar-refractivity contribution < 1.29 is 4.74 Å². The van der Waals surface area contributed by atoms with E-state index >= 15 is 0 Å². The van der Waals surface area contributed by atoms with Crippen LogP contribution in [0.4, 0.5) is 5.69 Å². The fourth-order valence-corrected chi connectivity index (χ4v) is 3.21. The number of anilines is 1. The Morgan fingerprint density at radius 2 is 1.40 bits per heavy atom. The van der Waals surface area contributed by atoms with Crippen LogP contribution in [0.15, 0.2) is 66.7 Å². The number of hydrogen-bond acceptors (Lipinski definition) is 2. The Bertz CT molecular complexity index is 830. The molecule has 0 heterocycles. The van der Waals surface area contributed by atoms with Crippen molar-refractivity contribution in [3.63, 3.8) is 0 Å². The predicted molar refractivity (Wildman–Crippen MR) is 106 cm³/mol. The number of hydrogen-bond donors (Lipinski definition) is 1. The number of ether oxygens (including phenoxy) is 1. The Kier molecular flexibility index (Phi) is 6.09. The van der Waals surface area contributed by atoms with Gasteiger partial charge in [0.15, 0.2) is 5.75 Å². The van der Waals surface area contributed by atoms with Crippen molar-refractivity contribution >= 4 is 40.5 Å². The molecule has 0 aromatic heterocycles. The molecule has 0 bridgehead atoms. The van der Waals surface area contributed by atoms with Crippen LogP contribution in [-0.4, -0.2) is 0 Å². The molecule has 0 aliphatic heterocycles. The van der Waals surface area contributed by atoms with E-state index in [1.807, 2.05) is 66.7 Å². The van der Waals surface area contributed by atoms with Crippen LogP contribution in [-0.2, 0) is 13.2 Å². The monoisotopic (exact) mass is 391 g/mol. The van der Waals surface area contributed by atoms with Crippen LogP contribution in [0.5, 0.6) is 5.75 Å². The fraction of sp³-hybridized carbons (Fsp3) is 0.100. The Hall–Kier alpha value is -1.87. The van der Waals surface area contributed by atoms with E-state index in [-0.39, 0.29) is 0 Å². The zero-order valence-corrected chi connectivity index (χ0v) is 15.6. The summed E-state index contributed by atoms with van der Waals surface area (Å²) in [4.78, 5) is 0. The highest BCUT2D eigenvalue weighted by Gasteiger charge is 2.11. The molecule has 0 unspecified atom stereocenters. The van der Waals surface area contributed by atoms with Gasteiger partial charge in [-0.05, 0) is 35.9 Å². The van der Waals surface area contributed by atoms with E-state index in [0.29, 0.717) is 34.0 Å². The summed E-state index contributed by atoms with van der Waals surface area (Å²) in [7, 11) is 0. The second kappa shape index (κ2) is 8.48. The van der Waals surface area contributed by atoms with Crippen molar-refractivity contribution in [3.8, 4) is 5.75 Å². The maximum atomic E-state index is 6.35. The number of benzene rings is 3. The average Bonchev–Trinajstić information content (AvgIpc) is 2.61. The minimum atomic E-state index is 0.306. The summed E-state index contributed by atoms with van der Waals surface area (Å²) >= 11 is 18.8. The molecule has 0 saturated heterocycles. The van der Waals surface area contributed by atoms with E-state index in [9.17, 15) is 0 Å². The molecule has 25 heavy (non-hydrogen) atoms. The predicted octanol–water partition coefficient (Wildman–Crippen LogP) is 6.84. The number of nitrogens with one attached hydrogen (secondary N) is 1. The van der Waals surface area contributed by atoms with Crippen LogP contribution in [0.25, 0.3) is 0 Å². The number of rotatable bonds is 6. The summed E-state index contributed by atoms with van der Waals surface area (Å²) in [6, 6.07) is 21.2. The molecule has 0 fully saturated rings. The third-order valence-corrected chi connectivity index (χ3v) is 4.59. The quantitative estimate of drug-likeness (QED) is 0.496. The van der Waals surface area contributed by atoms with Gasteiger partial charge in [-0.25, -0.2) is 0 Å². The molecule has 2 nitrogen and oxygen atoms in total. The van der Waals surface area contributed by atoms with Crippen molar-refractivity contribution in [1.29, 1.82) is 0 Å². The van der Waals surface area contributed by atoms with Gasteiger partial charge in [0, 0.05) is 22.8 Å². The van der Waals surface area contributed by atoms with Gasteiger partial charge >= 0.3 is 0 Å². The first-order chi connectivity index (χ1) is 12.1. The first-order valence-corrected chi connectivity index (χ1v) is 8.90. The molecule has 0 saturated carbocycles. The van der Waals surface area contributed by atoms with Gasteiger partial charge in [-0.15, -0.1) is 0 Å². The van der Waals surface area contributed by atoms with E-state index in [4.69, 9.17) is 39.5 Å². The lowest BCUT2D eigenvalue weighted by molar-refractivity contribution is 0.306. The highest BCUT2D eigenvalue weighted by atomic mass is 35.5. The lowest BCUT2D eigenvalue weighted by Crippen LogP contribution is -2.01. The Morgan fingerprint density at radius 1 is 0.760 bits per heavy atom. The maximum Gasteiger partial charge on any atom is 0.156 e. The Balaban J connectivity index is 1.68. The van der Waals surface area contributed by atoms with Crippen LogP contribution < -0.4 is 10.1 Å². The van der Waals surface area contributed by atoms with Crippen molar-refractivity contribution in [2.24, 2.45) is 0 Å². The van der Waals surface area contributed by atoms with E-state index in [2.05, 4.69) is 5.32 Å². The van der Waals surface area contributed by atoms with Crippen LogP contribution in [0, 0.1) is 0 Å². The number of halogens is 3.